The summed E-state index contributed by atoms with van der Waals surface area (Å²) in [5, 5.41) is 19.7. The van der Waals surface area contributed by atoms with Gasteiger partial charge in [-0.15, -0.1) is 0 Å². The van der Waals surface area contributed by atoms with Crippen LogP contribution >= 0.6 is 0 Å². The molecule has 48 heavy (non-hydrogen) atoms. The number of alkyl halides is 1. The first-order valence-corrected chi connectivity index (χ1v) is 17.3. The molecule has 0 bridgehead atoms. The highest BCUT2D eigenvalue weighted by Gasteiger charge is 2.50. The van der Waals surface area contributed by atoms with Crippen LogP contribution in [0.3, 0.4) is 0 Å². The van der Waals surface area contributed by atoms with Crippen molar-refractivity contribution in [3.8, 4) is 12.1 Å². The summed E-state index contributed by atoms with van der Waals surface area (Å²) in [6.45, 7) is 6.17. The van der Waals surface area contributed by atoms with Crippen molar-refractivity contribution in [2.75, 3.05) is 39.3 Å². The maximum Gasteiger partial charge on any atom is 0.246 e. The first-order valence-electron chi connectivity index (χ1n) is 17.3. The van der Waals surface area contributed by atoms with E-state index in [1.54, 1.807) is 4.90 Å². The highest BCUT2D eigenvalue weighted by molar-refractivity contribution is 5.97. The number of halogens is 2. The third kappa shape index (κ3) is 5.64. The molecule has 8 nitrogen and oxygen atoms in total. The number of nitrogens with zero attached hydrogens (tertiary/aromatic N) is 6. The summed E-state index contributed by atoms with van der Waals surface area (Å²) >= 11 is 0. The van der Waals surface area contributed by atoms with Gasteiger partial charge in [-0.3, -0.25) is 9.69 Å². The van der Waals surface area contributed by atoms with E-state index < -0.39 is 29.7 Å². The lowest BCUT2D eigenvalue weighted by atomic mass is 9.79. The molecule has 1 aromatic rings. The van der Waals surface area contributed by atoms with Crippen LogP contribution in [0.5, 0.6) is 0 Å². The summed E-state index contributed by atoms with van der Waals surface area (Å²) < 4.78 is 38.3. The number of hydrogen-bond donors (Lipinski definition) is 0. The number of rotatable bonds is 7. The van der Waals surface area contributed by atoms with Crippen molar-refractivity contribution in [3.05, 3.63) is 76.8 Å². The summed E-state index contributed by atoms with van der Waals surface area (Å²) in [6, 6.07) is 9.32. The summed E-state index contributed by atoms with van der Waals surface area (Å²) in [6.07, 6.45) is 10.6. The Morgan fingerprint density at radius 2 is 2.00 bits per heavy atom. The van der Waals surface area contributed by atoms with E-state index in [4.69, 9.17) is 9.73 Å². The van der Waals surface area contributed by atoms with E-state index in [1.165, 1.54) is 17.2 Å². The van der Waals surface area contributed by atoms with Gasteiger partial charge in [-0.05, 0) is 67.8 Å². The van der Waals surface area contributed by atoms with Crippen LogP contribution in [0.2, 0.25) is 0 Å². The molecule has 2 unspecified atom stereocenters. The van der Waals surface area contributed by atoms with Crippen molar-refractivity contribution in [2.45, 2.75) is 81.6 Å². The average molecular weight is 653 g/mol. The van der Waals surface area contributed by atoms with Gasteiger partial charge in [-0.2, -0.15) is 10.5 Å². The average Bonchev–Trinajstić information content (AvgIpc) is 3.63. The second-order valence-corrected chi connectivity index (χ2v) is 13.9. The van der Waals surface area contributed by atoms with Gasteiger partial charge in [-0.25, -0.2) is 13.8 Å². The van der Waals surface area contributed by atoms with Gasteiger partial charge in [0.1, 0.15) is 24.6 Å². The smallest absolute Gasteiger partial charge is 0.246 e. The second kappa shape index (κ2) is 13.3. The molecule has 5 atom stereocenters. The van der Waals surface area contributed by atoms with Crippen molar-refractivity contribution < 1.29 is 18.3 Å². The van der Waals surface area contributed by atoms with E-state index in [2.05, 4.69) is 34.6 Å². The Bertz CT molecular complexity index is 1700. The molecule has 0 spiro atoms. The first-order chi connectivity index (χ1) is 23.4. The molecule has 0 N–H and O–H groups in total. The van der Waals surface area contributed by atoms with Crippen LogP contribution < -0.4 is 0 Å². The fourth-order valence-electron chi connectivity index (χ4n) is 9.03. The topological polar surface area (TPSA) is 96.0 Å². The number of fused-ring (bicyclic) bond motifs is 3. The van der Waals surface area contributed by atoms with Crippen molar-refractivity contribution in [3.63, 3.8) is 0 Å². The Kier molecular flexibility index (Phi) is 8.96. The Morgan fingerprint density at radius 3 is 2.81 bits per heavy atom. The molecule has 4 heterocycles. The van der Waals surface area contributed by atoms with Gasteiger partial charge in [0.25, 0.3) is 0 Å². The molecule has 10 heteroatoms. The van der Waals surface area contributed by atoms with Crippen LogP contribution in [0.4, 0.5) is 8.78 Å². The molecule has 3 fully saturated rings. The predicted molar refractivity (Wildman–Crippen MR) is 179 cm³/mol. The lowest BCUT2D eigenvalue weighted by molar-refractivity contribution is -0.130. The fourth-order valence-corrected chi connectivity index (χ4v) is 9.03. The Morgan fingerprint density at radius 1 is 1.15 bits per heavy atom. The number of piperazine rings is 1. The fraction of sp³-hybridized carbons (Fsp3) is 0.526. The van der Waals surface area contributed by atoms with E-state index in [-0.39, 0.29) is 37.1 Å². The molecular formula is C38H42F2N6O2. The monoisotopic (exact) mass is 652 g/mol. The van der Waals surface area contributed by atoms with Gasteiger partial charge < -0.3 is 14.5 Å². The molecule has 2 aliphatic carbocycles. The van der Waals surface area contributed by atoms with Crippen molar-refractivity contribution in [2.24, 2.45) is 10.9 Å². The molecule has 0 aromatic heterocycles. The second-order valence-electron chi connectivity index (χ2n) is 13.9. The normalized spacial score (nSPS) is 29.9. The summed E-state index contributed by atoms with van der Waals surface area (Å²) in [4.78, 5) is 23.6. The maximum atomic E-state index is 17.1. The highest BCUT2D eigenvalue weighted by Crippen LogP contribution is 2.45. The van der Waals surface area contributed by atoms with Crippen LogP contribution in [0.25, 0.3) is 5.57 Å². The zero-order valence-electron chi connectivity index (χ0n) is 27.3. The SMILES string of the molecule is C=CC(=O)N1CCN(C2=C(CC#N)C(OC[C@@]34CCCN3C[C@H](F)C4)=NC3C(F)=C(c4cccc5c4CCCC5)C=CC23)C[C@@H]1CC#N. The zero-order valence-corrected chi connectivity index (χ0v) is 27.3. The van der Waals surface area contributed by atoms with Gasteiger partial charge in [0, 0.05) is 55.4 Å². The molecular weight excluding hydrogens is 610 g/mol. The molecule has 4 aliphatic heterocycles. The number of amides is 1. The zero-order chi connectivity index (χ0) is 33.4. The third-order valence-corrected chi connectivity index (χ3v) is 11.3. The van der Waals surface area contributed by atoms with Gasteiger partial charge in [0.15, 0.2) is 0 Å². The third-order valence-electron chi connectivity index (χ3n) is 11.3. The van der Waals surface area contributed by atoms with Crippen LogP contribution in [-0.4, -0.2) is 89.6 Å². The molecule has 1 aromatic carbocycles. The van der Waals surface area contributed by atoms with Crippen LogP contribution in [0.1, 0.15) is 61.6 Å². The Labute approximate surface area is 281 Å². The molecule has 0 radical (unpaired) electrons. The first kappa shape index (κ1) is 32.3. The quantitative estimate of drug-likeness (QED) is 0.357. The van der Waals surface area contributed by atoms with Gasteiger partial charge in [0.05, 0.1) is 36.6 Å². The highest BCUT2D eigenvalue weighted by atomic mass is 19.1. The van der Waals surface area contributed by atoms with Crippen molar-refractivity contribution in [1.82, 2.24) is 14.7 Å². The minimum atomic E-state index is -0.925. The standard InChI is InChI=1S/C38H42F2N6O2/c1-2-33(47)46-20-19-44(23-27(46)13-16-41)36-31-12-11-30(29-10-5-8-25-7-3-4-9-28(25)29)34(40)35(31)43-37(32(36)14-17-42)48-24-38-15-6-18-45(38)22-26(39)21-38/h2,5,8,10-12,26-27,31,35H,1,3-4,6-7,9,13-15,18-24H2/t26-,27+,31?,35?,38+/m1/s1. The van der Waals surface area contributed by atoms with Gasteiger partial charge in [-0.1, -0.05) is 36.9 Å². The minimum Gasteiger partial charge on any atom is -0.476 e. The van der Waals surface area contributed by atoms with Crippen LogP contribution in [-0.2, 0) is 22.4 Å². The van der Waals surface area contributed by atoms with Gasteiger partial charge in [0.2, 0.25) is 11.8 Å². The number of benzene rings is 1. The van der Waals surface area contributed by atoms with E-state index in [9.17, 15) is 19.7 Å². The number of dihydropyridines is 1. The minimum absolute atomic E-state index is 0.00716. The number of aliphatic imine (C=N–C) groups is 1. The van der Waals surface area contributed by atoms with E-state index in [0.29, 0.717) is 43.7 Å². The molecule has 1 amide bonds. The number of aryl methyl sites for hydroxylation is 1. The van der Waals surface area contributed by atoms with E-state index >= 15 is 4.39 Å². The summed E-state index contributed by atoms with van der Waals surface area (Å²) in [5.74, 6) is -0.844. The van der Waals surface area contributed by atoms with Crippen LogP contribution in [0.15, 0.2) is 65.1 Å². The number of carbonyl (C=O) groups excluding carboxylic acids is 1. The number of nitriles is 2. The number of allylic oxidation sites excluding steroid dienone is 2. The lowest BCUT2D eigenvalue weighted by Crippen LogP contribution is -2.56. The predicted octanol–water partition coefficient (Wildman–Crippen LogP) is 5.59. The van der Waals surface area contributed by atoms with Crippen molar-refractivity contribution >= 4 is 17.4 Å². The number of ether oxygens (including phenoxy) is 1. The van der Waals surface area contributed by atoms with Crippen molar-refractivity contribution in [1.29, 1.82) is 10.5 Å². The van der Waals surface area contributed by atoms with Gasteiger partial charge >= 0.3 is 0 Å². The number of carbonyl (C=O) groups is 1. The molecule has 250 valence electrons. The summed E-state index contributed by atoms with van der Waals surface area (Å²) in [5.41, 5.74) is 4.78. The summed E-state index contributed by atoms with van der Waals surface area (Å²) in [7, 11) is 0. The maximum absolute atomic E-state index is 17.1. The molecule has 3 saturated heterocycles. The van der Waals surface area contributed by atoms with E-state index in [1.807, 2.05) is 24.3 Å². The molecule has 7 rings (SSSR count). The lowest BCUT2D eigenvalue weighted by Gasteiger charge is -2.46. The Balaban J connectivity index is 1.30. The van der Waals surface area contributed by atoms with E-state index in [0.717, 1.165) is 56.3 Å². The largest absolute Gasteiger partial charge is 0.476 e. The molecule has 0 saturated carbocycles. The number of hydrogen-bond acceptors (Lipinski definition) is 7. The molecule has 6 aliphatic rings. The van der Waals surface area contributed by atoms with Crippen LogP contribution in [0, 0.1) is 28.6 Å². The Hall–Kier alpha value is -4.28.